The van der Waals surface area contributed by atoms with Gasteiger partial charge in [0.15, 0.2) is 5.96 Å². The SMILES string of the molecule is CCOc1ccccc1CNC(=NC)NCc1cccc(OCCN2CCOCC2)c1. The van der Waals surface area contributed by atoms with Gasteiger partial charge in [-0.25, -0.2) is 0 Å². The highest BCUT2D eigenvalue weighted by Crippen LogP contribution is 2.17. The molecule has 7 heteroatoms. The minimum Gasteiger partial charge on any atom is -0.494 e. The van der Waals surface area contributed by atoms with Crippen molar-refractivity contribution in [2.45, 2.75) is 20.0 Å². The van der Waals surface area contributed by atoms with Crippen LogP contribution in [0.2, 0.25) is 0 Å². The Morgan fingerprint density at radius 1 is 1.03 bits per heavy atom. The van der Waals surface area contributed by atoms with Crippen molar-refractivity contribution in [3.05, 3.63) is 59.7 Å². The number of para-hydroxylation sites is 1. The molecule has 0 radical (unpaired) electrons. The van der Waals surface area contributed by atoms with Crippen molar-refractivity contribution in [2.75, 3.05) is 53.1 Å². The lowest BCUT2D eigenvalue weighted by molar-refractivity contribution is 0.0322. The molecule has 2 N–H and O–H groups in total. The molecule has 0 saturated carbocycles. The summed E-state index contributed by atoms with van der Waals surface area (Å²) in [6.45, 7) is 9.13. The van der Waals surface area contributed by atoms with E-state index in [1.165, 1.54) is 0 Å². The van der Waals surface area contributed by atoms with Crippen molar-refractivity contribution < 1.29 is 14.2 Å². The van der Waals surface area contributed by atoms with E-state index in [2.05, 4.69) is 38.7 Å². The van der Waals surface area contributed by atoms with Crippen molar-refractivity contribution in [1.82, 2.24) is 15.5 Å². The highest BCUT2D eigenvalue weighted by molar-refractivity contribution is 5.79. The predicted molar refractivity (Wildman–Crippen MR) is 124 cm³/mol. The summed E-state index contributed by atoms with van der Waals surface area (Å²) in [4.78, 5) is 6.69. The molecule has 31 heavy (non-hydrogen) atoms. The second-order valence-electron chi connectivity index (χ2n) is 7.27. The molecular formula is C24H34N4O3. The molecule has 3 rings (SSSR count). The number of hydrogen-bond donors (Lipinski definition) is 2. The first-order chi connectivity index (χ1) is 15.3. The summed E-state index contributed by atoms with van der Waals surface area (Å²) in [7, 11) is 1.77. The minimum atomic E-state index is 0.639. The van der Waals surface area contributed by atoms with Gasteiger partial charge in [0, 0.05) is 45.3 Å². The van der Waals surface area contributed by atoms with Crippen LogP contribution in [-0.2, 0) is 17.8 Å². The van der Waals surface area contributed by atoms with Gasteiger partial charge in [0.25, 0.3) is 0 Å². The van der Waals surface area contributed by atoms with Gasteiger partial charge >= 0.3 is 0 Å². The normalized spacial score (nSPS) is 14.8. The molecule has 0 bridgehead atoms. The fourth-order valence-electron chi connectivity index (χ4n) is 3.39. The second kappa shape index (κ2) is 12.8. The van der Waals surface area contributed by atoms with Crippen LogP contribution in [0.1, 0.15) is 18.1 Å². The van der Waals surface area contributed by atoms with Crippen molar-refractivity contribution in [3.8, 4) is 11.5 Å². The van der Waals surface area contributed by atoms with Gasteiger partial charge < -0.3 is 24.8 Å². The molecular weight excluding hydrogens is 392 g/mol. The summed E-state index contributed by atoms with van der Waals surface area (Å²) < 4.78 is 17.0. The molecule has 1 heterocycles. The molecule has 0 amide bonds. The number of rotatable bonds is 10. The van der Waals surface area contributed by atoms with Gasteiger partial charge in [0.05, 0.1) is 19.8 Å². The number of nitrogens with one attached hydrogen (secondary N) is 2. The molecule has 1 aliphatic heterocycles. The van der Waals surface area contributed by atoms with E-state index in [1.807, 2.05) is 37.3 Å². The standard InChI is InChI=1S/C24H34N4O3/c1-3-30-23-10-5-4-8-21(23)19-27-24(25-2)26-18-20-7-6-9-22(17-20)31-16-13-28-11-14-29-15-12-28/h4-10,17H,3,11-16,18-19H2,1-2H3,(H2,25,26,27). The van der Waals surface area contributed by atoms with E-state index in [0.29, 0.717) is 26.3 Å². The maximum absolute atomic E-state index is 5.95. The van der Waals surface area contributed by atoms with Crippen molar-refractivity contribution in [3.63, 3.8) is 0 Å². The maximum Gasteiger partial charge on any atom is 0.191 e. The summed E-state index contributed by atoms with van der Waals surface area (Å²) in [5, 5.41) is 6.71. The summed E-state index contributed by atoms with van der Waals surface area (Å²) >= 11 is 0. The van der Waals surface area contributed by atoms with Gasteiger partial charge in [-0.2, -0.15) is 0 Å². The Morgan fingerprint density at radius 2 is 1.84 bits per heavy atom. The Kier molecular flexibility index (Phi) is 9.47. The summed E-state index contributed by atoms with van der Waals surface area (Å²) in [6.07, 6.45) is 0. The van der Waals surface area contributed by atoms with E-state index in [-0.39, 0.29) is 0 Å². The third kappa shape index (κ3) is 7.77. The van der Waals surface area contributed by atoms with E-state index in [1.54, 1.807) is 7.05 Å². The van der Waals surface area contributed by atoms with Gasteiger partial charge in [0.1, 0.15) is 18.1 Å². The number of aliphatic imine (C=N–C) groups is 1. The van der Waals surface area contributed by atoms with E-state index in [4.69, 9.17) is 14.2 Å². The first-order valence-electron chi connectivity index (χ1n) is 11.0. The molecule has 0 atom stereocenters. The Labute approximate surface area is 185 Å². The third-order valence-electron chi connectivity index (χ3n) is 5.08. The fourth-order valence-corrected chi connectivity index (χ4v) is 3.39. The lowest BCUT2D eigenvalue weighted by Crippen LogP contribution is -2.38. The van der Waals surface area contributed by atoms with E-state index in [9.17, 15) is 0 Å². The van der Waals surface area contributed by atoms with Crippen molar-refractivity contribution in [2.24, 2.45) is 4.99 Å². The maximum atomic E-state index is 5.95. The van der Waals surface area contributed by atoms with Crippen LogP contribution in [0.25, 0.3) is 0 Å². The molecule has 2 aromatic rings. The Bertz CT molecular complexity index is 822. The van der Waals surface area contributed by atoms with Crippen LogP contribution >= 0.6 is 0 Å². The molecule has 0 aliphatic carbocycles. The van der Waals surface area contributed by atoms with Gasteiger partial charge in [-0.05, 0) is 30.7 Å². The fraction of sp³-hybridized carbons (Fsp3) is 0.458. The van der Waals surface area contributed by atoms with Crippen LogP contribution in [0.15, 0.2) is 53.5 Å². The smallest absolute Gasteiger partial charge is 0.191 e. The third-order valence-corrected chi connectivity index (χ3v) is 5.08. The molecule has 1 saturated heterocycles. The van der Waals surface area contributed by atoms with Crippen molar-refractivity contribution >= 4 is 5.96 Å². The number of guanidine groups is 1. The second-order valence-corrected chi connectivity index (χ2v) is 7.27. The Hall–Kier alpha value is -2.77. The largest absolute Gasteiger partial charge is 0.494 e. The Balaban J connectivity index is 1.44. The summed E-state index contributed by atoms with van der Waals surface area (Å²) in [5.41, 5.74) is 2.24. The van der Waals surface area contributed by atoms with Gasteiger partial charge in [0.2, 0.25) is 0 Å². The lowest BCUT2D eigenvalue weighted by Gasteiger charge is -2.26. The average molecular weight is 427 g/mol. The molecule has 0 aromatic heterocycles. The molecule has 2 aromatic carbocycles. The van der Waals surface area contributed by atoms with Crippen LogP contribution in [0, 0.1) is 0 Å². The van der Waals surface area contributed by atoms with Crippen LogP contribution in [0.5, 0.6) is 11.5 Å². The van der Waals surface area contributed by atoms with Crippen LogP contribution < -0.4 is 20.1 Å². The highest BCUT2D eigenvalue weighted by Gasteiger charge is 2.10. The zero-order valence-electron chi connectivity index (χ0n) is 18.6. The summed E-state index contributed by atoms with van der Waals surface area (Å²) in [5.74, 6) is 2.53. The quantitative estimate of drug-likeness (QED) is 0.450. The first kappa shape index (κ1) is 22.9. The van der Waals surface area contributed by atoms with Crippen molar-refractivity contribution in [1.29, 1.82) is 0 Å². The molecule has 168 valence electrons. The molecule has 0 unspecified atom stereocenters. The summed E-state index contributed by atoms with van der Waals surface area (Å²) in [6, 6.07) is 16.2. The highest BCUT2D eigenvalue weighted by atomic mass is 16.5. The van der Waals surface area contributed by atoms with Gasteiger partial charge in [-0.15, -0.1) is 0 Å². The van der Waals surface area contributed by atoms with Crippen LogP contribution in [0.4, 0.5) is 0 Å². The topological polar surface area (TPSA) is 67.3 Å². The zero-order chi connectivity index (χ0) is 21.7. The Morgan fingerprint density at radius 3 is 2.65 bits per heavy atom. The van der Waals surface area contributed by atoms with E-state index < -0.39 is 0 Å². The predicted octanol–water partition coefficient (Wildman–Crippen LogP) is 2.66. The zero-order valence-corrected chi connectivity index (χ0v) is 18.6. The monoisotopic (exact) mass is 426 g/mol. The number of nitrogens with zero attached hydrogens (tertiary/aromatic N) is 2. The number of morpholine rings is 1. The molecule has 1 aliphatic rings. The van der Waals surface area contributed by atoms with Gasteiger partial charge in [-0.1, -0.05) is 30.3 Å². The molecule has 7 nitrogen and oxygen atoms in total. The van der Waals surface area contributed by atoms with E-state index in [0.717, 1.165) is 61.4 Å². The number of ether oxygens (including phenoxy) is 3. The van der Waals surface area contributed by atoms with Crippen LogP contribution in [-0.4, -0.2) is 64.0 Å². The number of benzene rings is 2. The lowest BCUT2D eigenvalue weighted by atomic mass is 10.2. The molecule has 0 spiro atoms. The molecule has 1 fully saturated rings. The van der Waals surface area contributed by atoms with Crippen LogP contribution in [0.3, 0.4) is 0 Å². The first-order valence-corrected chi connectivity index (χ1v) is 11.0. The number of hydrogen-bond acceptors (Lipinski definition) is 5. The van der Waals surface area contributed by atoms with E-state index >= 15 is 0 Å². The van der Waals surface area contributed by atoms with Gasteiger partial charge in [-0.3, -0.25) is 9.89 Å². The average Bonchev–Trinajstić information content (AvgIpc) is 2.81. The minimum absolute atomic E-state index is 0.639.